The molecule has 2 amide bonds. The molecule has 2 aliphatic rings. The van der Waals surface area contributed by atoms with E-state index in [-0.39, 0.29) is 18.4 Å². The van der Waals surface area contributed by atoms with Crippen molar-refractivity contribution in [2.45, 2.75) is 31.8 Å². The number of carbonyl (C=O) groups is 3. The first-order chi connectivity index (χ1) is 11.9. The standard InChI is InChI=1S/C18H21FN2O4/c1-4-18(17(24)25-5-2)13-12(15(22)21(3)16(13)23)14(20-18)10-6-8-11(19)9-7-10/h6-9,12-14,20H,4-5H2,1-3H3/t12-,13-,14-,18+/m0/s1. The Bertz CT molecular complexity index is 720. The lowest BCUT2D eigenvalue weighted by Gasteiger charge is -2.31. The van der Waals surface area contributed by atoms with E-state index in [1.807, 2.05) is 0 Å². The van der Waals surface area contributed by atoms with Crippen molar-refractivity contribution in [3.63, 3.8) is 0 Å². The van der Waals surface area contributed by atoms with Crippen molar-refractivity contribution in [1.29, 1.82) is 0 Å². The van der Waals surface area contributed by atoms with E-state index in [4.69, 9.17) is 4.74 Å². The summed E-state index contributed by atoms with van der Waals surface area (Å²) in [5, 5.41) is 3.19. The number of benzene rings is 1. The topological polar surface area (TPSA) is 75.7 Å². The highest BCUT2D eigenvalue weighted by Gasteiger charge is 2.67. The molecule has 134 valence electrons. The van der Waals surface area contributed by atoms with Crippen LogP contribution in [0.2, 0.25) is 0 Å². The molecule has 2 fully saturated rings. The maximum Gasteiger partial charge on any atom is 0.327 e. The first-order valence-electron chi connectivity index (χ1n) is 8.39. The average Bonchev–Trinajstić information content (AvgIpc) is 3.06. The molecule has 1 aromatic rings. The summed E-state index contributed by atoms with van der Waals surface area (Å²) in [5.74, 6) is -3.19. The van der Waals surface area contributed by atoms with Gasteiger partial charge in [0, 0.05) is 13.1 Å². The van der Waals surface area contributed by atoms with E-state index in [2.05, 4.69) is 5.32 Å². The van der Waals surface area contributed by atoms with Gasteiger partial charge in [0.25, 0.3) is 0 Å². The minimum Gasteiger partial charge on any atom is -0.465 e. The van der Waals surface area contributed by atoms with Gasteiger partial charge >= 0.3 is 5.97 Å². The Morgan fingerprint density at radius 1 is 1.24 bits per heavy atom. The fraction of sp³-hybridized carbons (Fsp3) is 0.500. The molecule has 1 N–H and O–H groups in total. The second kappa shape index (κ2) is 6.22. The summed E-state index contributed by atoms with van der Waals surface area (Å²) in [6.07, 6.45) is 0.303. The maximum absolute atomic E-state index is 13.3. The molecule has 2 aliphatic heterocycles. The Kier molecular flexibility index (Phi) is 4.36. The molecule has 25 heavy (non-hydrogen) atoms. The third-order valence-electron chi connectivity index (χ3n) is 5.30. The van der Waals surface area contributed by atoms with Gasteiger partial charge in [-0.3, -0.25) is 24.6 Å². The number of carbonyl (C=O) groups excluding carboxylic acids is 3. The SMILES string of the molecule is CCOC(=O)[C@]1(CC)N[C@@H](c2ccc(F)cc2)[C@H]2C(=O)N(C)C(=O)[C@H]21. The number of ether oxygens (including phenoxy) is 1. The van der Waals surface area contributed by atoms with Crippen molar-refractivity contribution in [2.24, 2.45) is 11.8 Å². The van der Waals surface area contributed by atoms with Crippen LogP contribution in [0.15, 0.2) is 24.3 Å². The second-order valence-electron chi connectivity index (χ2n) is 6.46. The molecule has 1 aromatic carbocycles. The quantitative estimate of drug-likeness (QED) is 0.658. The van der Waals surface area contributed by atoms with Gasteiger partial charge in [0.1, 0.15) is 11.4 Å². The molecule has 0 aliphatic carbocycles. The molecule has 6 nitrogen and oxygen atoms in total. The summed E-state index contributed by atoms with van der Waals surface area (Å²) in [6.45, 7) is 3.65. The number of imide groups is 1. The third-order valence-corrected chi connectivity index (χ3v) is 5.30. The summed E-state index contributed by atoms with van der Waals surface area (Å²) in [4.78, 5) is 39.2. The normalized spacial score (nSPS) is 31.4. The Labute approximate surface area is 145 Å². The van der Waals surface area contributed by atoms with Crippen LogP contribution in [0.1, 0.15) is 31.9 Å². The van der Waals surface area contributed by atoms with Crippen LogP contribution in [0.25, 0.3) is 0 Å². The number of rotatable bonds is 4. The number of fused-ring (bicyclic) bond motifs is 1. The number of likely N-dealkylation sites (tertiary alicyclic amines) is 1. The van der Waals surface area contributed by atoms with Crippen LogP contribution >= 0.6 is 0 Å². The van der Waals surface area contributed by atoms with Crippen LogP contribution in [-0.4, -0.2) is 41.9 Å². The van der Waals surface area contributed by atoms with Crippen molar-refractivity contribution in [2.75, 3.05) is 13.7 Å². The van der Waals surface area contributed by atoms with E-state index in [0.29, 0.717) is 12.0 Å². The van der Waals surface area contributed by atoms with Gasteiger partial charge in [0.15, 0.2) is 0 Å². The molecule has 0 unspecified atom stereocenters. The van der Waals surface area contributed by atoms with Gasteiger partial charge in [0.2, 0.25) is 11.8 Å². The molecule has 3 rings (SSSR count). The minimum atomic E-state index is -1.27. The fourth-order valence-corrected chi connectivity index (χ4v) is 4.02. The first-order valence-corrected chi connectivity index (χ1v) is 8.39. The number of nitrogens with one attached hydrogen (secondary N) is 1. The number of hydrogen-bond acceptors (Lipinski definition) is 5. The summed E-state index contributed by atoms with van der Waals surface area (Å²) < 4.78 is 18.5. The number of nitrogens with zero attached hydrogens (tertiary/aromatic N) is 1. The second-order valence-corrected chi connectivity index (χ2v) is 6.46. The predicted octanol–water partition coefficient (Wildman–Crippen LogP) is 1.41. The Hall–Kier alpha value is -2.28. The molecule has 0 aromatic heterocycles. The predicted molar refractivity (Wildman–Crippen MR) is 86.7 cm³/mol. The summed E-state index contributed by atoms with van der Waals surface area (Å²) in [7, 11) is 1.43. The van der Waals surface area contributed by atoms with Crippen molar-refractivity contribution >= 4 is 17.8 Å². The summed E-state index contributed by atoms with van der Waals surface area (Å²) in [6, 6.07) is 5.17. The van der Waals surface area contributed by atoms with Crippen LogP contribution in [-0.2, 0) is 19.1 Å². The Morgan fingerprint density at radius 2 is 1.88 bits per heavy atom. The zero-order chi connectivity index (χ0) is 18.4. The smallest absolute Gasteiger partial charge is 0.327 e. The molecule has 7 heteroatoms. The molecule has 0 bridgehead atoms. The molecule has 2 saturated heterocycles. The van der Waals surface area contributed by atoms with E-state index < -0.39 is 35.2 Å². The molecule has 2 heterocycles. The van der Waals surface area contributed by atoms with Crippen molar-refractivity contribution in [3.8, 4) is 0 Å². The first kappa shape index (κ1) is 17.5. The molecular weight excluding hydrogens is 327 g/mol. The summed E-state index contributed by atoms with van der Waals surface area (Å²) in [5.41, 5.74) is -0.607. The van der Waals surface area contributed by atoms with Crippen molar-refractivity contribution in [3.05, 3.63) is 35.6 Å². The van der Waals surface area contributed by atoms with Crippen molar-refractivity contribution in [1.82, 2.24) is 10.2 Å². The van der Waals surface area contributed by atoms with Gasteiger partial charge in [-0.1, -0.05) is 19.1 Å². The lowest BCUT2D eigenvalue weighted by molar-refractivity contribution is -0.156. The van der Waals surface area contributed by atoms with Gasteiger partial charge in [-0.2, -0.15) is 0 Å². The Morgan fingerprint density at radius 3 is 2.44 bits per heavy atom. The van der Waals surface area contributed by atoms with Crippen LogP contribution in [0.4, 0.5) is 4.39 Å². The number of amides is 2. The largest absolute Gasteiger partial charge is 0.465 e. The maximum atomic E-state index is 13.3. The van der Waals surface area contributed by atoms with Gasteiger partial charge in [-0.05, 0) is 31.0 Å². The summed E-state index contributed by atoms with van der Waals surface area (Å²) >= 11 is 0. The van der Waals surface area contributed by atoms with Gasteiger partial charge < -0.3 is 4.74 Å². The number of esters is 1. The molecule has 0 spiro atoms. The van der Waals surface area contributed by atoms with Crippen LogP contribution in [0, 0.1) is 17.7 Å². The highest BCUT2D eigenvalue weighted by molar-refractivity contribution is 6.09. The third kappa shape index (κ3) is 2.45. The zero-order valence-corrected chi connectivity index (χ0v) is 14.4. The minimum absolute atomic E-state index is 0.179. The molecule has 0 saturated carbocycles. The van der Waals surface area contributed by atoms with Crippen LogP contribution in [0.3, 0.4) is 0 Å². The average molecular weight is 348 g/mol. The van der Waals surface area contributed by atoms with Crippen LogP contribution in [0.5, 0.6) is 0 Å². The highest BCUT2D eigenvalue weighted by Crippen LogP contribution is 2.50. The monoisotopic (exact) mass is 348 g/mol. The van der Waals surface area contributed by atoms with E-state index in [1.165, 1.54) is 19.2 Å². The number of halogens is 1. The molecular formula is C18H21FN2O4. The van der Waals surface area contributed by atoms with Gasteiger partial charge in [-0.25, -0.2) is 4.39 Å². The highest BCUT2D eigenvalue weighted by atomic mass is 19.1. The Balaban J connectivity index is 2.10. The van der Waals surface area contributed by atoms with Crippen molar-refractivity contribution < 1.29 is 23.5 Å². The fourth-order valence-electron chi connectivity index (χ4n) is 4.02. The lowest BCUT2D eigenvalue weighted by atomic mass is 9.78. The number of hydrogen-bond donors (Lipinski definition) is 1. The van der Waals surface area contributed by atoms with E-state index >= 15 is 0 Å². The van der Waals surface area contributed by atoms with Gasteiger partial charge in [-0.15, -0.1) is 0 Å². The van der Waals surface area contributed by atoms with Gasteiger partial charge in [0.05, 0.1) is 18.4 Å². The lowest BCUT2D eigenvalue weighted by Crippen LogP contribution is -2.55. The van der Waals surface area contributed by atoms with Crippen LogP contribution < -0.4 is 5.32 Å². The van der Waals surface area contributed by atoms with E-state index in [9.17, 15) is 18.8 Å². The molecule has 0 radical (unpaired) electrons. The van der Waals surface area contributed by atoms with E-state index in [0.717, 1.165) is 4.90 Å². The van der Waals surface area contributed by atoms with E-state index in [1.54, 1.807) is 26.0 Å². The zero-order valence-electron chi connectivity index (χ0n) is 14.4. The molecule has 4 atom stereocenters.